The Morgan fingerprint density at radius 3 is 2.62 bits per heavy atom. The van der Waals surface area contributed by atoms with Crippen molar-refractivity contribution in [1.82, 2.24) is 9.88 Å². The van der Waals surface area contributed by atoms with Crippen LogP contribution < -0.4 is 0 Å². The fourth-order valence-electron chi connectivity index (χ4n) is 1.33. The molecule has 1 aliphatic rings. The van der Waals surface area contributed by atoms with Crippen molar-refractivity contribution in [2.75, 3.05) is 7.05 Å². The Morgan fingerprint density at radius 1 is 1.46 bits per heavy atom. The highest BCUT2D eigenvalue weighted by molar-refractivity contribution is 5.94. The quantitative estimate of drug-likeness (QED) is 0.680. The van der Waals surface area contributed by atoms with Crippen LogP contribution in [-0.2, 0) is 0 Å². The first-order valence-corrected chi connectivity index (χ1v) is 4.46. The fraction of sp³-hybridized carbons (Fsp3) is 0.400. The lowest BCUT2D eigenvalue weighted by Crippen LogP contribution is -2.28. The SMILES string of the molecule is CN(C(=O)c1ccncc1)C1CC1. The molecule has 0 N–H and O–H groups in total. The largest absolute Gasteiger partial charge is 0.339 e. The van der Waals surface area contributed by atoms with Crippen molar-refractivity contribution in [3.63, 3.8) is 0 Å². The molecule has 1 aromatic rings. The van der Waals surface area contributed by atoms with Gasteiger partial charge in [0.1, 0.15) is 0 Å². The van der Waals surface area contributed by atoms with E-state index in [2.05, 4.69) is 4.98 Å². The van der Waals surface area contributed by atoms with E-state index in [1.807, 2.05) is 11.9 Å². The van der Waals surface area contributed by atoms with Crippen LogP contribution in [0.25, 0.3) is 0 Å². The van der Waals surface area contributed by atoms with Gasteiger partial charge in [0.2, 0.25) is 0 Å². The molecule has 0 radical (unpaired) electrons. The third-order valence-electron chi connectivity index (χ3n) is 2.34. The third kappa shape index (κ3) is 1.69. The van der Waals surface area contributed by atoms with Crippen LogP contribution in [0.15, 0.2) is 24.5 Å². The number of aromatic nitrogens is 1. The molecule has 3 heteroatoms. The molecule has 0 bridgehead atoms. The van der Waals surface area contributed by atoms with E-state index in [1.165, 1.54) is 0 Å². The van der Waals surface area contributed by atoms with Gasteiger partial charge in [-0.1, -0.05) is 0 Å². The summed E-state index contributed by atoms with van der Waals surface area (Å²) >= 11 is 0. The van der Waals surface area contributed by atoms with Crippen LogP contribution in [0.2, 0.25) is 0 Å². The summed E-state index contributed by atoms with van der Waals surface area (Å²) < 4.78 is 0. The molecule has 0 atom stereocenters. The van der Waals surface area contributed by atoms with Gasteiger partial charge >= 0.3 is 0 Å². The van der Waals surface area contributed by atoms with Gasteiger partial charge in [0.25, 0.3) is 5.91 Å². The van der Waals surface area contributed by atoms with Crippen LogP contribution in [0, 0.1) is 0 Å². The maximum atomic E-state index is 11.7. The van der Waals surface area contributed by atoms with Crippen LogP contribution in [-0.4, -0.2) is 28.9 Å². The summed E-state index contributed by atoms with van der Waals surface area (Å²) in [6, 6.07) is 3.98. The number of pyridine rings is 1. The van der Waals surface area contributed by atoms with Crippen molar-refractivity contribution >= 4 is 5.91 Å². The summed E-state index contributed by atoms with van der Waals surface area (Å²) in [5, 5.41) is 0. The van der Waals surface area contributed by atoms with E-state index in [9.17, 15) is 4.79 Å². The van der Waals surface area contributed by atoms with Crippen LogP contribution in [0.4, 0.5) is 0 Å². The molecule has 3 nitrogen and oxygen atoms in total. The standard InChI is InChI=1S/C10H12N2O/c1-12(9-2-3-9)10(13)8-4-6-11-7-5-8/h4-7,9H,2-3H2,1H3. The second-order valence-corrected chi connectivity index (χ2v) is 3.38. The molecule has 0 spiro atoms. The molecular formula is C10H12N2O. The van der Waals surface area contributed by atoms with E-state index in [1.54, 1.807) is 24.5 Å². The van der Waals surface area contributed by atoms with E-state index in [4.69, 9.17) is 0 Å². The molecule has 2 rings (SSSR count). The minimum Gasteiger partial charge on any atom is -0.339 e. The molecule has 68 valence electrons. The predicted molar refractivity (Wildman–Crippen MR) is 49.4 cm³/mol. The number of hydrogen-bond acceptors (Lipinski definition) is 2. The molecule has 13 heavy (non-hydrogen) atoms. The average molecular weight is 176 g/mol. The second-order valence-electron chi connectivity index (χ2n) is 3.38. The van der Waals surface area contributed by atoms with Crippen molar-refractivity contribution in [3.05, 3.63) is 30.1 Å². The summed E-state index contributed by atoms with van der Waals surface area (Å²) in [7, 11) is 1.86. The molecule has 1 fully saturated rings. The van der Waals surface area contributed by atoms with Crippen LogP contribution in [0.3, 0.4) is 0 Å². The van der Waals surface area contributed by atoms with Gasteiger partial charge in [-0.05, 0) is 25.0 Å². The Balaban J connectivity index is 2.12. The third-order valence-corrected chi connectivity index (χ3v) is 2.34. The monoisotopic (exact) mass is 176 g/mol. The van der Waals surface area contributed by atoms with Gasteiger partial charge in [0.05, 0.1) is 0 Å². The molecule has 1 saturated carbocycles. The lowest BCUT2D eigenvalue weighted by atomic mass is 10.2. The van der Waals surface area contributed by atoms with Crippen LogP contribution in [0.5, 0.6) is 0 Å². The highest BCUT2D eigenvalue weighted by atomic mass is 16.2. The number of carbonyl (C=O) groups is 1. The van der Waals surface area contributed by atoms with Gasteiger partial charge in [-0.15, -0.1) is 0 Å². The Hall–Kier alpha value is -1.38. The predicted octanol–water partition coefficient (Wildman–Crippen LogP) is 1.32. The van der Waals surface area contributed by atoms with Gasteiger partial charge in [0, 0.05) is 31.0 Å². The first kappa shape index (κ1) is 8.23. The molecule has 1 aromatic heterocycles. The molecule has 0 saturated heterocycles. The van der Waals surface area contributed by atoms with Crippen LogP contribution in [0.1, 0.15) is 23.2 Å². The number of amides is 1. The molecule has 1 heterocycles. The summed E-state index contributed by atoms with van der Waals surface area (Å²) in [5.41, 5.74) is 0.726. The maximum Gasteiger partial charge on any atom is 0.253 e. The Bertz CT molecular complexity index is 306. The zero-order valence-electron chi connectivity index (χ0n) is 7.60. The molecule has 0 unspecified atom stereocenters. The van der Waals surface area contributed by atoms with Crippen molar-refractivity contribution in [2.45, 2.75) is 18.9 Å². The second kappa shape index (κ2) is 3.17. The van der Waals surface area contributed by atoms with Crippen molar-refractivity contribution in [3.8, 4) is 0 Å². The highest BCUT2D eigenvalue weighted by Crippen LogP contribution is 2.26. The zero-order chi connectivity index (χ0) is 9.26. The maximum absolute atomic E-state index is 11.7. The van der Waals surface area contributed by atoms with E-state index in [-0.39, 0.29) is 5.91 Å². The first-order chi connectivity index (χ1) is 6.29. The zero-order valence-corrected chi connectivity index (χ0v) is 7.60. The van der Waals surface area contributed by atoms with E-state index < -0.39 is 0 Å². The normalized spacial score (nSPS) is 15.5. The van der Waals surface area contributed by atoms with Crippen molar-refractivity contribution in [1.29, 1.82) is 0 Å². The molecular weight excluding hydrogens is 164 g/mol. The van der Waals surface area contributed by atoms with Crippen molar-refractivity contribution < 1.29 is 4.79 Å². The van der Waals surface area contributed by atoms with Gasteiger partial charge < -0.3 is 4.90 Å². The smallest absolute Gasteiger partial charge is 0.253 e. The Labute approximate surface area is 77.4 Å². The molecule has 0 aromatic carbocycles. The number of carbonyl (C=O) groups excluding carboxylic acids is 1. The summed E-state index contributed by atoms with van der Waals surface area (Å²) in [4.78, 5) is 17.4. The van der Waals surface area contributed by atoms with Crippen LogP contribution >= 0.6 is 0 Å². The Morgan fingerprint density at radius 2 is 2.08 bits per heavy atom. The Kier molecular flexibility index (Phi) is 2.00. The van der Waals surface area contributed by atoms with Gasteiger partial charge in [-0.25, -0.2) is 0 Å². The highest BCUT2D eigenvalue weighted by Gasteiger charge is 2.29. The van der Waals surface area contributed by atoms with Gasteiger partial charge in [-0.3, -0.25) is 9.78 Å². The molecule has 1 amide bonds. The topological polar surface area (TPSA) is 33.2 Å². The minimum atomic E-state index is 0.102. The van der Waals surface area contributed by atoms with E-state index in [0.717, 1.165) is 18.4 Å². The minimum absolute atomic E-state index is 0.102. The first-order valence-electron chi connectivity index (χ1n) is 4.46. The molecule has 0 aliphatic heterocycles. The van der Waals surface area contributed by atoms with Crippen molar-refractivity contribution in [2.24, 2.45) is 0 Å². The van der Waals surface area contributed by atoms with Gasteiger partial charge in [-0.2, -0.15) is 0 Å². The average Bonchev–Trinajstić information content (AvgIpc) is 3.00. The molecule has 1 aliphatic carbocycles. The van der Waals surface area contributed by atoms with Gasteiger partial charge in [0.15, 0.2) is 0 Å². The van der Waals surface area contributed by atoms with E-state index >= 15 is 0 Å². The summed E-state index contributed by atoms with van der Waals surface area (Å²) in [5.74, 6) is 0.102. The number of hydrogen-bond donors (Lipinski definition) is 0. The summed E-state index contributed by atoms with van der Waals surface area (Å²) in [6.07, 6.45) is 5.59. The fourth-order valence-corrected chi connectivity index (χ4v) is 1.33. The number of nitrogens with zero attached hydrogens (tertiary/aromatic N) is 2. The van der Waals surface area contributed by atoms with E-state index in [0.29, 0.717) is 6.04 Å². The number of rotatable bonds is 2. The lowest BCUT2D eigenvalue weighted by Gasteiger charge is -2.15. The summed E-state index contributed by atoms with van der Waals surface area (Å²) in [6.45, 7) is 0. The lowest BCUT2D eigenvalue weighted by molar-refractivity contribution is 0.0785.